The van der Waals surface area contributed by atoms with E-state index < -0.39 is 0 Å². The van der Waals surface area contributed by atoms with E-state index >= 15 is 0 Å². The van der Waals surface area contributed by atoms with E-state index in [1.165, 1.54) is 32.1 Å². The number of nitrogens with zero attached hydrogens (tertiary/aromatic N) is 2. The topological polar surface area (TPSA) is 64.7 Å². The Bertz CT molecular complexity index is 1000. The van der Waals surface area contributed by atoms with E-state index in [1.54, 1.807) is 6.07 Å². The number of carbonyl (C=O) groups is 1. The Hall–Kier alpha value is -2.56. The number of ketones is 1. The molecule has 0 aromatic heterocycles. The van der Waals surface area contributed by atoms with Crippen molar-refractivity contribution in [3.63, 3.8) is 0 Å². The molecule has 0 spiro atoms. The zero-order valence-corrected chi connectivity index (χ0v) is 14.5. The lowest BCUT2D eigenvalue weighted by Crippen LogP contribution is -2.12. The minimum absolute atomic E-state index is 0.0461. The molecule has 25 heavy (non-hydrogen) atoms. The third-order valence-corrected chi connectivity index (χ3v) is 6.48. The van der Waals surface area contributed by atoms with Crippen LogP contribution < -0.4 is 0 Å². The van der Waals surface area contributed by atoms with E-state index in [1.807, 2.05) is 42.1 Å². The van der Waals surface area contributed by atoms with Crippen molar-refractivity contribution in [3.05, 3.63) is 47.0 Å². The van der Waals surface area contributed by atoms with Crippen molar-refractivity contribution in [1.29, 1.82) is 10.5 Å². The SMILES string of the molecule is N#CC1=C(C#N)c2ccc(SC3CCCCC3)c3cccc(c23)C1=O. The van der Waals surface area contributed by atoms with Gasteiger partial charge in [-0.3, -0.25) is 4.79 Å². The molecule has 4 rings (SSSR count). The maximum absolute atomic E-state index is 12.7. The molecule has 1 saturated carbocycles. The highest BCUT2D eigenvalue weighted by Crippen LogP contribution is 2.42. The van der Waals surface area contributed by atoms with Crippen LogP contribution >= 0.6 is 11.8 Å². The number of nitriles is 2. The van der Waals surface area contributed by atoms with Crippen molar-refractivity contribution in [1.82, 2.24) is 0 Å². The van der Waals surface area contributed by atoms with Gasteiger partial charge >= 0.3 is 0 Å². The third-order valence-electron chi connectivity index (χ3n) is 5.06. The maximum atomic E-state index is 12.7. The van der Waals surface area contributed by atoms with Gasteiger partial charge in [0.1, 0.15) is 17.7 Å². The Balaban J connectivity index is 1.90. The summed E-state index contributed by atoms with van der Waals surface area (Å²) >= 11 is 1.89. The minimum Gasteiger partial charge on any atom is -0.288 e. The number of hydrogen-bond donors (Lipinski definition) is 0. The van der Waals surface area contributed by atoms with E-state index in [4.69, 9.17) is 0 Å². The van der Waals surface area contributed by atoms with Crippen LogP contribution in [0.2, 0.25) is 0 Å². The van der Waals surface area contributed by atoms with Gasteiger partial charge in [0.15, 0.2) is 0 Å². The van der Waals surface area contributed by atoms with Crippen molar-refractivity contribution >= 4 is 33.9 Å². The predicted octanol–water partition coefficient (Wildman–Crippen LogP) is 5.26. The molecule has 1 fully saturated rings. The van der Waals surface area contributed by atoms with Crippen molar-refractivity contribution < 1.29 is 4.79 Å². The monoisotopic (exact) mass is 344 g/mol. The summed E-state index contributed by atoms with van der Waals surface area (Å²) in [5.41, 5.74) is 1.40. The molecule has 0 bridgehead atoms. The van der Waals surface area contributed by atoms with Crippen LogP contribution in [-0.2, 0) is 0 Å². The van der Waals surface area contributed by atoms with Crippen LogP contribution in [0.15, 0.2) is 40.8 Å². The largest absolute Gasteiger partial charge is 0.288 e. The van der Waals surface area contributed by atoms with E-state index in [0.717, 1.165) is 15.7 Å². The van der Waals surface area contributed by atoms with Gasteiger partial charge in [-0.1, -0.05) is 43.5 Å². The first-order chi connectivity index (χ1) is 12.2. The lowest BCUT2D eigenvalue weighted by Gasteiger charge is -2.23. The van der Waals surface area contributed by atoms with E-state index in [9.17, 15) is 15.3 Å². The van der Waals surface area contributed by atoms with E-state index in [-0.39, 0.29) is 16.9 Å². The molecule has 2 aliphatic carbocycles. The molecule has 0 aliphatic heterocycles. The quantitative estimate of drug-likeness (QED) is 0.745. The molecule has 2 aromatic rings. The Kier molecular flexibility index (Phi) is 4.07. The molecule has 2 aliphatic rings. The average molecular weight is 344 g/mol. The highest BCUT2D eigenvalue weighted by Gasteiger charge is 2.29. The highest BCUT2D eigenvalue weighted by molar-refractivity contribution is 8.00. The number of hydrogen-bond acceptors (Lipinski definition) is 4. The summed E-state index contributed by atoms with van der Waals surface area (Å²) in [5.74, 6) is -0.336. The standard InChI is InChI=1S/C21H16N2OS/c22-11-17-14-9-10-19(25-13-5-2-1-3-6-13)15-7-4-8-16(20(14)15)21(24)18(17)12-23/h4,7-10,13H,1-3,5-6H2. The molecule has 0 N–H and O–H groups in total. The molecule has 0 heterocycles. The fraction of sp³-hybridized carbons (Fsp3) is 0.286. The first-order valence-electron chi connectivity index (χ1n) is 8.56. The van der Waals surface area contributed by atoms with Crippen LogP contribution in [0.3, 0.4) is 0 Å². The van der Waals surface area contributed by atoms with Crippen LogP contribution in [0, 0.1) is 22.7 Å². The summed E-state index contributed by atoms with van der Waals surface area (Å²) < 4.78 is 0. The molecular formula is C21H16N2OS. The van der Waals surface area contributed by atoms with Gasteiger partial charge in [-0.25, -0.2) is 0 Å². The van der Waals surface area contributed by atoms with Gasteiger partial charge in [0, 0.05) is 26.7 Å². The van der Waals surface area contributed by atoms with Crippen LogP contribution in [-0.4, -0.2) is 11.0 Å². The summed E-state index contributed by atoms with van der Waals surface area (Å²) in [7, 11) is 0. The second-order valence-corrected chi connectivity index (χ2v) is 7.86. The zero-order chi connectivity index (χ0) is 17.4. The molecule has 0 amide bonds. The van der Waals surface area contributed by atoms with Gasteiger partial charge in [0.05, 0.1) is 5.57 Å². The van der Waals surface area contributed by atoms with Crippen LogP contribution in [0.25, 0.3) is 16.3 Å². The third kappa shape index (κ3) is 2.54. The van der Waals surface area contributed by atoms with Gasteiger partial charge in [0.25, 0.3) is 0 Å². The van der Waals surface area contributed by atoms with Crippen LogP contribution in [0.4, 0.5) is 0 Å². The van der Waals surface area contributed by atoms with Crippen LogP contribution in [0.5, 0.6) is 0 Å². The van der Waals surface area contributed by atoms with Crippen molar-refractivity contribution in [2.75, 3.05) is 0 Å². The lowest BCUT2D eigenvalue weighted by molar-refractivity contribution is 0.104. The van der Waals surface area contributed by atoms with E-state index in [0.29, 0.717) is 16.4 Å². The molecular weight excluding hydrogens is 328 g/mol. The predicted molar refractivity (Wildman–Crippen MR) is 99.2 cm³/mol. The second kappa shape index (κ2) is 6.39. The Morgan fingerprint density at radius 2 is 1.68 bits per heavy atom. The lowest BCUT2D eigenvalue weighted by atomic mass is 9.83. The fourth-order valence-corrected chi connectivity index (χ4v) is 5.22. The number of allylic oxidation sites excluding steroid dienone is 2. The summed E-state index contributed by atoms with van der Waals surface area (Å²) in [6.07, 6.45) is 6.35. The minimum atomic E-state index is -0.336. The Labute approximate surface area is 150 Å². The van der Waals surface area contributed by atoms with Crippen molar-refractivity contribution in [2.24, 2.45) is 0 Å². The van der Waals surface area contributed by atoms with Crippen molar-refractivity contribution in [3.8, 4) is 12.1 Å². The Morgan fingerprint density at radius 3 is 2.40 bits per heavy atom. The van der Waals surface area contributed by atoms with Gasteiger partial charge < -0.3 is 0 Å². The summed E-state index contributed by atoms with van der Waals surface area (Å²) in [4.78, 5) is 13.8. The van der Waals surface area contributed by atoms with E-state index in [2.05, 4.69) is 6.07 Å². The maximum Gasteiger partial charge on any atom is 0.205 e. The number of thioether (sulfide) groups is 1. The highest BCUT2D eigenvalue weighted by atomic mass is 32.2. The Morgan fingerprint density at radius 1 is 0.920 bits per heavy atom. The number of Topliss-reactive ketones (excluding diaryl/α,β-unsaturated/α-hetero) is 1. The van der Waals surface area contributed by atoms with Crippen LogP contribution in [0.1, 0.15) is 48.0 Å². The molecule has 0 radical (unpaired) electrons. The number of benzene rings is 2. The fourth-order valence-electron chi connectivity index (χ4n) is 3.85. The first kappa shape index (κ1) is 15.9. The van der Waals surface area contributed by atoms with Gasteiger partial charge in [-0.15, -0.1) is 11.8 Å². The first-order valence-corrected chi connectivity index (χ1v) is 9.44. The molecule has 4 heteroatoms. The van der Waals surface area contributed by atoms with Gasteiger partial charge in [0.2, 0.25) is 5.78 Å². The molecule has 0 unspecified atom stereocenters. The summed E-state index contributed by atoms with van der Waals surface area (Å²) in [6.45, 7) is 0. The molecule has 122 valence electrons. The smallest absolute Gasteiger partial charge is 0.205 e. The molecule has 2 aromatic carbocycles. The molecule has 0 saturated heterocycles. The van der Waals surface area contributed by atoms with Gasteiger partial charge in [-0.2, -0.15) is 10.5 Å². The number of rotatable bonds is 2. The normalized spacial score (nSPS) is 17.4. The summed E-state index contributed by atoms with van der Waals surface area (Å²) in [6, 6.07) is 13.6. The zero-order valence-electron chi connectivity index (χ0n) is 13.7. The second-order valence-electron chi connectivity index (χ2n) is 6.52. The number of carbonyl (C=O) groups excluding carboxylic acids is 1. The molecule has 0 atom stereocenters. The summed E-state index contributed by atoms with van der Waals surface area (Å²) in [5, 5.41) is 21.3. The van der Waals surface area contributed by atoms with Crippen molar-refractivity contribution in [2.45, 2.75) is 42.2 Å². The average Bonchev–Trinajstić information content (AvgIpc) is 2.66. The van der Waals surface area contributed by atoms with Gasteiger partial charge in [-0.05, 0) is 24.3 Å². The molecule has 3 nitrogen and oxygen atoms in total.